The summed E-state index contributed by atoms with van der Waals surface area (Å²) in [5.74, 6) is 0.933. The number of carbonyl (C=O) groups is 1. The second-order valence-electron chi connectivity index (χ2n) is 7.48. The minimum Gasteiger partial charge on any atom is -0.490 e. The molecular weight excluding hydrogens is 456 g/mol. The number of hydrogen-bond donors (Lipinski definition) is 1. The Morgan fingerprint density at radius 3 is 1.76 bits per heavy atom. The summed E-state index contributed by atoms with van der Waals surface area (Å²) in [5, 5.41) is 2.81. The minimum atomic E-state index is -3.58. The summed E-state index contributed by atoms with van der Waals surface area (Å²) in [6.45, 7) is 11.6. The summed E-state index contributed by atoms with van der Waals surface area (Å²) < 4.78 is 44.4. The molecule has 188 valence electrons. The van der Waals surface area contributed by atoms with Gasteiger partial charge < -0.3 is 19.5 Å². The summed E-state index contributed by atoms with van der Waals surface area (Å²) in [4.78, 5) is 13.2. The predicted octanol–water partition coefficient (Wildman–Crippen LogP) is 4.95. The smallest absolute Gasteiger partial charge is 0.255 e. The molecule has 0 aliphatic rings. The van der Waals surface area contributed by atoms with Gasteiger partial charge in [0.15, 0.2) is 11.5 Å². The van der Waals surface area contributed by atoms with E-state index in [2.05, 4.69) is 5.32 Å². The highest BCUT2D eigenvalue weighted by atomic mass is 32.2. The number of rotatable bonds is 14. The number of nitrogens with one attached hydrogen (secondary N) is 1. The normalized spacial score (nSPS) is 11.4. The van der Waals surface area contributed by atoms with Gasteiger partial charge >= 0.3 is 0 Å². The van der Waals surface area contributed by atoms with Crippen molar-refractivity contribution in [1.29, 1.82) is 0 Å². The van der Waals surface area contributed by atoms with Crippen LogP contribution in [0.1, 0.15) is 57.8 Å². The van der Waals surface area contributed by atoms with Gasteiger partial charge in [-0.1, -0.05) is 13.8 Å². The van der Waals surface area contributed by atoms with Gasteiger partial charge in [0.1, 0.15) is 0 Å². The molecule has 8 nitrogen and oxygen atoms in total. The predicted molar refractivity (Wildman–Crippen MR) is 134 cm³/mol. The monoisotopic (exact) mass is 492 g/mol. The Morgan fingerprint density at radius 1 is 0.824 bits per heavy atom. The molecule has 0 aliphatic carbocycles. The zero-order valence-corrected chi connectivity index (χ0v) is 21.5. The molecule has 9 heteroatoms. The van der Waals surface area contributed by atoms with E-state index in [1.54, 1.807) is 24.3 Å². The molecule has 1 N–H and O–H groups in total. The van der Waals surface area contributed by atoms with E-state index in [9.17, 15) is 13.2 Å². The minimum absolute atomic E-state index is 0.200. The third-order valence-corrected chi connectivity index (χ3v) is 6.78. The lowest BCUT2D eigenvalue weighted by atomic mass is 10.1. The molecule has 0 saturated carbocycles. The van der Waals surface area contributed by atoms with E-state index in [0.29, 0.717) is 61.4 Å². The third kappa shape index (κ3) is 6.87. The van der Waals surface area contributed by atoms with Crippen LogP contribution in [0.3, 0.4) is 0 Å². The summed E-state index contributed by atoms with van der Waals surface area (Å²) in [5.41, 5.74) is 0.815. The number of nitrogens with zero attached hydrogens (tertiary/aromatic N) is 1. The van der Waals surface area contributed by atoms with Crippen molar-refractivity contribution in [3.63, 3.8) is 0 Å². The van der Waals surface area contributed by atoms with Crippen LogP contribution in [-0.2, 0) is 10.0 Å². The van der Waals surface area contributed by atoms with E-state index in [1.807, 2.05) is 34.6 Å². The quantitative estimate of drug-likeness (QED) is 0.401. The Labute approximate surface area is 203 Å². The molecule has 34 heavy (non-hydrogen) atoms. The van der Waals surface area contributed by atoms with Crippen molar-refractivity contribution in [2.45, 2.75) is 52.4 Å². The Morgan fingerprint density at radius 2 is 1.32 bits per heavy atom. The zero-order valence-electron chi connectivity index (χ0n) is 20.7. The van der Waals surface area contributed by atoms with Crippen LogP contribution >= 0.6 is 0 Å². The number of carbonyl (C=O) groups excluding carboxylic acids is 1. The summed E-state index contributed by atoms with van der Waals surface area (Å²) >= 11 is 0. The average Bonchev–Trinajstić information content (AvgIpc) is 2.81. The van der Waals surface area contributed by atoms with Gasteiger partial charge in [-0.25, -0.2) is 8.42 Å². The Bertz CT molecular complexity index is 1000. The Hall–Kier alpha value is -2.78. The Balaban J connectivity index is 2.28. The lowest BCUT2D eigenvalue weighted by Gasteiger charge is -2.21. The fourth-order valence-corrected chi connectivity index (χ4v) is 5.06. The SMILES string of the molecule is CCCN(CCC)S(=O)(=O)c1ccc(NC(=O)c2cc(OCC)c(OCC)c(OCC)c2)cc1. The van der Waals surface area contributed by atoms with E-state index in [0.717, 1.165) is 12.8 Å². The fourth-order valence-electron chi connectivity index (χ4n) is 3.43. The van der Waals surface area contributed by atoms with Crippen molar-refractivity contribution in [2.75, 3.05) is 38.2 Å². The molecule has 1 amide bonds. The lowest BCUT2D eigenvalue weighted by molar-refractivity contribution is 0.102. The van der Waals surface area contributed by atoms with Crippen molar-refractivity contribution in [3.8, 4) is 17.2 Å². The maximum Gasteiger partial charge on any atom is 0.255 e. The molecule has 0 heterocycles. The van der Waals surface area contributed by atoms with E-state index in [1.165, 1.54) is 16.4 Å². The van der Waals surface area contributed by atoms with E-state index >= 15 is 0 Å². The molecule has 0 fully saturated rings. The first-order valence-corrected chi connectivity index (χ1v) is 13.2. The molecule has 0 spiro atoms. The van der Waals surface area contributed by atoms with Crippen molar-refractivity contribution >= 4 is 21.6 Å². The van der Waals surface area contributed by atoms with E-state index < -0.39 is 10.0 Å². The Kier molecular flexibility index (Phi) is 10.7. The first kappa shape index (κ1) is 27.5. The van der Waals surface area contributed by atoms with E-state index in [4.69, 9.17) is 14.2 Å². The van der Waals surface area contributed by atoms with Crippen LogP contribution in [0.5, 0.6) is 17.2 Å². The highest BCUT2D eigenvalue weighted by Crippen LogP contribution is 2.39. The second-order valence-corrected chi connectivity index (χ2v) is 9.42. The summed E-state index contributed by atoms with van der Waals surface area (Å²) in [6, 6.07) is 9.42. The van der Waals surface area contributed by atoms with Gasteiger partial charge in [-0.3, -0.25) is 4.79 Å². The molecule has 0 aromatic heterocycles. The topological polar surface area (TPSA) is 94.2 Å². The molecule has 0 unspecified atom stereocenters. The number of amides is 1. The molecular formula is C25H36N2O6S. The number of benzene rings is 2. The highest BCUT2D eigenvalue weighted by molar-refractivity contribution is 7.89. The third-order valence-electron chi connectivity index (χ3n) is 4.87. The van der Waals surface area contributed by atoms with Crippen LogP contribution in [0.4, 0.5) is 5.69 Å². The highest BCUT2D eigenvalue weighted by Gasteiger charge is 2.23. The average molecular weight is 493 g/mol. The molecule has 0 saturated heterocycles. The number of hydrogen-bond acceptors (Lipinski definition) is 6. The van der Waals surface area contributed by atoms with Crippen molar-refractivity contribution < 1.29 is 27.4 Å². The second kappa shape index (κ2) is 13.2. The van der Waals surface area contributed by atoms with Crippen LogP contribution < -0.4 is 19.5 Å². The van der Waals surface area contributed by atoms with Gasteiger partial charge in [0.25, 0.3) is 5.91 Å². The van der Waals surface area contributed by atoms with Crippen molar-refractivity contribution in [1.82, 2.24) is 4.31 Å². The summed E-state index contributed by atoms with van der Waals surface area (Å²) in [7, 11) is -3.58. The maximum atomic E-state index is 13.0. The molecule has 2 rings (SSSR count). The van der Waals surface area contributed by atoms with Gasteiger partial charge in [0, 0.05) is 24.3 Å². The standard InChI is InChI=1S/C25H36N2O6S/c1-6-15-27(16-7-2)34(29,30)21-13-11-20(12-14-21)26-25(28)19-17-22(31-8-3)24(33-10-5)23(18-19)32-9-4/h11-14,17-18H,6-10,15-16H2,1-5H3,(H,26,28). The summed E-state index contributed by atoms with van der Waals surface area (Å²) in [6.07, 6.45) is 1.48. The molecule has 0 radical (unpaired) electrons. The van der Waals surface area contributed by atoms with Gasteiger partial charge in [-0.2, -0.15) is 4.31 Å². The number of ether oxygens (including phenoxy) is 3. The zero-order chi connectivity index (χ0) is 25.1. The largest absolute Gasteiger partial charge is 0.490 e. The van der Waals surface area contributed by atoms with Gasteiger partial charge in [-0.15, -0.1) is 0 Å². The van der Waals surface area contributed by atoms with Crippen LogP contribution in [0, 0.1) is 0 Å². The first-order valence-electron chi connectivity index (χ1n) is 11.8. The lowest BCUT2D eigenvalue weighted by Crippen LogP contribution is -2.32. The molecule has 0 atom stereocenters. The molecule has 0 bridgehead atoms. The molecule has 2 aromatic rings. The molecule has 2 aromatic carbocycles. The van der Waals surface area contributed by atoms with Gasteiger partial charge in [0.2, 0.25) is 15.8 Å². The molecule has 0 aliphatic heterocycles. The van der Waals surface area contributed by atoms with Gasteiger partial charge in [0.05, 0.1) is 24.7 Å². The van der Waals surface area contributed by atoms with Crippen molar-refractivity contribution in [2.24, 2.45) is 0 Å². The van der Waals surface area contributed by atoms with E-state index in [-0.39, 0.29) is 10.8 Å². The van der Waals surface area contributed by atoms with Crippen molar-refractivity contribution in [3.05, 3.63) is 42.0 Å². The van der Waals surface area contributed by atoms with Crippen LogP contribution in [-0.4, -0.2) is 51.5 Å². The first-order chi connectivity index (χ1) is 16.3. The fraction of sp³-hybridized carbons (Fsp3) is 0.480. The number of sulfonamides is 1. The van der Waals surface area contributed by atoms with Crippen LogP contribution in [0.15, 0.2) is 41.3 Å². The van der Waals surface area contributed by atoms with Gasteiger partial charge in [-0.05, 0) is 70.0 Å². The van der Waals surface area contributed by atoms with Crippen LogP contribution in [0.2, 0.25) is 0 Å². The number of anilines is 1. The maximum absolute atomic E-state index is 13.0. The van der Waals surface area contributed by atoms with Crippen LogP contribution in [0.25, 0.3) is 0 Å².